The Morgan fingerprint density at radius 1 is 1.13 bits per heavy atom. The third kappa shape index (κ3) is 5.09. The van der Waals surface area contributed by atoms with Crippen LogP contribution in [0.25, 0.3) is 6.08 Å². The van der Waals surface area contributed by atoms with Crippen LogP contribution in [0.5, 0.6) is 0 Å². The van der Waals surface area contributed by atoms with Crippen LogP contribution >= 0.6 is 23.2 Å². The van der Waals surface area contributed by atoms with E-state index in [0.29, 0.717) is 22.2 Å². The molecule has 2 aromatic carbocycles. The van der Waals surface area contributed by atoms with Gasteiger partial charge in [0.25, 0.3) is 5.69 Å². The van der Waals surface area contributed by atoms with Crippen LogP contribution in [-0.4, -0.2) is 10.8 Å². The first-order chi connectivity index (χ1) is 11.0. The minimum Gasteiger partial charge on any atom is -0.348 e. The van der Waals surface area contributed by atoms with Crippen LogP contribution in [0.1, 0.15) is 11.1 Å². The molecule has 0 aliphatic heterocycles. The van der Waals surface area contributed by atoms with Gasteiger partial charge in [0.1, 0.15) is 0 Å². The van der Waals surface area contributed by atoms with Crippen molar-refractivity contribution in [1.29, 1.82) is 0 Å². The summed E-state index contributed by atoms with van der Waals surface area (Å²) in [4.78, 5) is 21.8. The molecule has 0 aliphatic carbocycles. The lowest BCUT2D eigenvalue weighted by atomic mass is 10.2. The third-order valence-electron chi connectivity index (χ3n) is 2.98. The van der Waals surface area contributed by atoms with Crippen LogP contribution in [-0.2, 0) is 11.3 Å². The summed E-state index contributed by atoms with van der Waals surface area (Å²) in [6.45, 7) is 0.320. The van der Waals surface area contributed by atoms with Gasteiger partial charge >= 0.3 is 0 Å². The maximum Gasteiger partial charge on any atom is 0.269 e. The molecule has 0 atom stereocenters. The molecule has 1 amide bonds. The van der Waals surface area contributed by atoms with Gasteiger partial charge in [-0.15, -0.1) is 0 Å². The highest BCUT2D eigenvalue weighted by atomic mass is 35.5. The van der Waals surface area contributed by atoms with E-state index in [1.54, 1.807) is 36.4 Å². The summed E-state index contributed by atoms with van der Waals surface area (Å²) >= 11 is 11.7. The van der Waals surface area contributed by atoms with E-state index < -0.39 is 4.92 Å². The van der Waals surface area contributed by atoms with Crippen molar-refractivity contribution in [2.45, 2.75) is 6.54 Å². The van der Waals surface area contributed by atoms with Crippen LogP contribution < -0.4 is 5.32 Å². The first-order valence-electron chi connectivity index (χ1n) is 6.60. The van der Waals surface area contributed by atoms with Gasteiger partial charge < -0.3 is 5.32 Å². The lowest BCUT2D eigenvalue weighted by molar-refractivity contribution is -0.384. The molecule has 2 rings (SSSR count). The lowest BCUT2D eigenvalue weighted by Gasteiger charge is -2.04. The zero-order chi connectivity index (χ0) is 16.8. The van der Waals surface area contributed by atoms with E-state index in [4.69, 9.17) is 23.2 Å². The lowest BCUT2D eigenvalue weighted by Crippen LogP contribution is -2.20. The fourth-order valence-corrected chi connectivity index (χ4v) is 2.10. The van der Waals surface area contributed by atoms with Crippen molar-refractivity contribution in [3.05, 3.63) is 79.8 Å². The summed E-state index contributed by atoms with van der Waals surface area (Å²) in [5, 5.41) is 14.1. The van der Waals surface area contributed by atoms with Gasteiger partial charge in [0, 0.05) is 24.8 Å². The molecule has 0 radical (unpaired) electrons. The second kappa shape index (κ2) is 7.76. The average molecular weight is 351 g/mol. The molecule has 118 valence electrons. The third-order valence-corrected chi connectivity index (χ3v) is 3.72. The summed E-state index contributed by atoms with van der Waals surface area (Å²) < 4.78 is 0. The Morgan fingerprint density at radius 2 is 1.83 bits per heavy atom. The standard InChI is InChI=1S/C16H12Cl2N2O3/c17-14-7-3-12(9-15(14)18)10-19-16(21)8-4-11-1-5-13(6-2-11)20(22)23/h1-9H,10H2,(H,19,21)/b8-4+. The van der Waals surface area contributed by atoms with E-state index >= 15 is 0 Å². The Labute approximate surface area is 142 Å². The van der Waals surface area contributed by atoms with Gasteiger partial charge in [0.2, 0.25) is 5.91 Å². The predicted octanol–water partition coefficient (Wildman–Crippen LogP) is 4.23. The number of nitro benzene ring substituents is 1. The maximum absolute atomic E-state index is 11.8. The van der Waals surface area contributed by atoms with Crippen molar-refractivity contribution in [2.24, 2.45) is 0 Å². The molecule has 2 aromatic rings. The minimum atomic E-state index is -0.475. The SMILES string of the molecule is O=C(/C=C/c1ccc([N+](=O)[O-])cc1)NCc1ccc(Cl)c(Cl)c1. The largest absolute Gasteiger partial charge is 0.348 e. The Bertz CT molecular complexity index is 758. The summed E-state index contributed by atoms with van der Waals surface area (Å²) in [5.41, 5.74) is 1.53. The van der Waals surface area contributed by atoms with E-state index in [1.165, 1.54) is 18.2 Å². The van der Waals surface area contributed by atoms with Crippen LogP contribution in [0, 0.1) is 10.1 Å². The molecule has 23 heavy (non-hydrogen) atoms. The molecule has 0 heterocycles. The number of carbonyl (C=O) groups excluding carboxylic acids is 1. The maximum atomic E-state index is 11.8. The second-order valence-electron chi connectivity index (χ2n) is 4.65. The zero-order valence-corrected chi connectivity index (χ0v) is 13.3. The number of benzene rings is 2. The molecule has 0 saturated heterocycles. The number of hydrogen-bond donors (Lipinski definition) is 1. The first-order valence-corrected chi connectivity index (χ1v) is 7.35. The van der Waals surface area contributed by atoms with Gasteiger partial charge in [-0.25, -0.2) is 0 Å². The summed E-state index contributed by atoms with van der Waals surface area (Å²) in [6, 6.07) is 11.0. The molecule has 0 fully saturated rings. The summed E-state index contributed by atoms with van der Waals surface area (Å²) in [5.74, 6) is -0.283. The zero-order valence-electron chi connectivity index (χ0n) is 11.8. The van der Waals surface area contributed by atoms with Crippen molar-refractivity contribution in [2.75, 3.05) is 0 Å². The number of non-ortho nitro benzene ring substituents is 1. The molecule has 7 heteroatoms. The quantitative estimate of drug-likeness (QED) is 0.498. The van der Waals surface area contributed by atoms with E-state index in [9.17, 15) is 14.9 Å². The first kappa shape index (κ1) is 17.0. The van der Waals surface area contributed by atoms with Crippen molar-refractivity contribution in [1.82, 2.24) is 5.32 Å². The molecular weight excluding hydrogens is 339 g/mol. The number of carbonyl (C=O) groups is 1. The highest BCUT2D eigenvalue weighted by molar-refractivity contribution is 6.42. The molecule has 5 nitrogen and oxygen atoms in total. The normalized spacial score (nSPS) is 10.7. The second-order valence-corrected chi connectivity index (χ2v) is 5.46. The molecule has 1 N–H and O–H groups in total. The molecule has 0 saturated carbocycles. The highest BCUT2D eigenvalue weighted by Gasteiger charge is 2.03. The van der Waals surface area contributed by atoms with Gasteiger partial charge in [0.15, 0.2) is 0 Å². The Morgan fingerprint density at radius 3 is 2.43 bits per heavy atom. The summed E-state index contributed by atoms with van der Waals surface area (Å²) in [7, 11) is 0. The van der Waals surface area contributed by atoms with E-state index in [-0.39, 0.29) is 11.6 Å². The monoisotopic (exact) mass is 350 g/mol. The fourth-order valence-electron chi connectivity index (χ4n) is 1.78. The molecular formula is C16H12Cl2N2O3. The molecule has 0 aliphatic rings. The van der Waals surface area contributed by atoms with Gasteiger partial charge in [-0.05, 0) is 41.5 Å². The van der Waals surface area contributed by atoms with E-state index in [0.717, 1.165) is 5.56 Å². The number of nitrogens with zero attached hydrogens (tertiary/aromatic N) is 1. The van der Waals surface area contributed by atoms with E-state index in [2.05, 4.69) is 5.32 Å². The van der Waals surface area contributed by atoms with Gasteiger partial charge in [-0.2, -0.15) is 0 Å². The smallest absolute Gasteiger partial charge is 0.269 e. The molecule has 0 bridgehead atoms. The highest BCUT2D eigenvalue weighted by Crippen LogP contribution is 2.22. The van der Waals surface area contributed by atoms with Crippen LogP contribution in [0.15, 0.2) is 48.5 Å². The number of hydrogen-bond acceptors (Lipinski definition) is 3. The van der Waals surface area contributed by atoms with Crippen molar-refractivity contribution in [3.8, 4) is 0 Å². The van der Waals surface area contributed by atoms with Crippen LogP contribution in [0.4, 0.5) is 5.69 Å². The minimum absolute atomic E-state index is 0.00576. The number of halogens is 2. The Hall–Kier alpha value is -2.37. The van der Waals surface area contributed by atoms with Crippen molar-refractivity contribution < 1.29 is 9.72 Å². The van der Waals surface area contributed by atoms with Gasteiger partial charge in [0.05, 0.1) is 15.0 Å². The van der Waals surface area contributed by atoms with Crippen LogP contribution in [0.2, 0.25) is 10.0 Å². The molecule has 0 spiro atoms. The van der Waals surface area contributed by atoms with Gasteiger partial charge in [-0.3, -0.25) is 14.9 Å². The van der Waals surface area contributed by atoms with Gasteiger partial charge in [-0.1, -0.05) is 29.3 Å². The average Bonchev–Trinajstić information content (AvgIpc) is 2.54. The predicted molar refractivity (Wildman–Crippen MR) is 90.4 cm³/mol. The number of amides is 1. The van der Waals surface area contributed by atoms with E-state index in [1.807, 2.05) is 0 Å². The summed E-state index contributed by atoms with van der Waals surface area (Å²) in [6.07, 6.45) is 2.94. The molecule has 0 aromatic heterocycles. The van der Waals surface area contributed by atoms with Crippen molar-refractivity contribution in [3.63, 3.8) is 0 Å². The van der Waals surface area contributed by atoms with Crippen molar-refractivity contribution >= 4 is 40.9 Å². The Balaban J connectivity index is 1.90. The number of nitro groups is 1. The molecule has 0 unspecified atom stereocenters. The Kier molecular flexibility index (Phi) is 5.73. The number of nitrogens with one attached hydrogen (secondary N) is 1. The fraction of sp³-hybridized carbons (Fsp3) is 0.0625. The van der Waals surface area contributed by atoms with Crippen LogP contribution in [0.3, 0.4) is 0 Å². The topological polar surface area (TPSA) is 72.2 Å². The number of rotatable bonds is 5.